The second-order valence-electron chi connectivity index (χ2n) is 13.6. The SMILES string of the molecule is C/C(=C/CN=C(N=C(N)c1cccc2c1oc1ccccc12)c1ccccc1-c1ccc2ccccc2c1)c1ccc(-c2ccc3ccccc3c2)cc1. The van der Waals surface area contributed by atoms with Crippen molar-refractivity contribution >= 4 is 60.7 Å². The van der Waals surface area contributed by atoms with Crippen molar-refractivity contribution in [3.8, 4) is 22.3 Å². The minimum atomic E-state index is 0.344. The fraction of sp³-hybridized carbons (Fsp3) is 0.0400. The highest BCUT2D eigenvalue weighted by atomic mass is 16.3. The molecule has 0 saturated heterocycles. The van der Waals surface area contributed by atoms with Crippen molar-refractivity contribution in [1.29, 1.82) is 0 Å². The molecule has 54 heavy (non-hydrogen) atoms. The normalized spacial score (nSPS) is 12.6. The molecule has 0 unspecified atom stereocenters. The Kier molecular flexibility index (Phi) is 8.62. The maximum Gasteiger partial charge on any atom is 0.157 e. The standard InChI is InChI=1S/C50H37N3O/c1-33(34-21-23-37(24-22-34)40-27-25-35-11-2-4-13-38(35)31-40)29-30-52-50(45-17-7-6-15-42(45)41-28-26-36-12-3-5-14-39(36)32-41)53-49(51)46-19-10-18-44-43-16-8-9-20-47(43)54-48(44)46/h2-29,31-32H,30H2,1H3,(H2,51,52,53)/b33-29-. The lowest BCUT2D eigenvalue weighted by molar-refractivity contribution is 0.668. The highest BCUT2D eigenvalue weighted by Crippen LogP contribution is 2.32. The summed E-state index contributed by atoms with van der Waals surface area (Å²) < 4.78 is 6.33. The van der Waals surface area contributed by atoms with Crippen LogP contribution in [0.25, 0.3) is 71.3 Å². The molecular weight excluding hydrogens is 659 g/mol. The third-order valence-electron chi connectivity index (χ3n) is 10.2. The van der Waals surface area contributed by atoms with E-state index in [9.17, 15) is 0 Å². The van der Waals surface area contributed by atoms with E-state index >= 15 is 0 Å². The van der Waals surface area contributed by atoms with E-state index in [1.165, 1.54) is 32.7 Å². The number of nitrogens with two attached hydrogens (primary N) is 1. The van der Waals surface area contributed by atoms with Gasteiger partial charge in [-0.3, -0.25) is 4.99 Å². The van der Waals surface area contributed by atoms with Crippen LogP contribution in [0.3, 0.4) is 0 Å². The third kappa shape index (κ3) is 6.35. The van der Waals surface area contributed by atoms with Crippen LogP contribution in [-0.4, -0.2) is 18.2 Å². The van der Waals surface area contributed by atoms with Gasteiger partial charge in [0, 0.05) is 16.3 Å². The summed E-state index contributed by atoms with van der Waals surface area (Å²) in [5.74, 6) is 0.900. The first kappa shape index (κ1) is 32.8. The molecule has 2 N–H and O–H groups in total. The summed E-state index contributed by atoms with van der Waals surface area (Å²) in [6, 6.07) is 61.1. The van der Waals surface area contributed by atoms with Gasteiger partial charge >= 0.3 is 0 Å². The number of benzene rings is 8. The number of hydrogen-bond donors (Lipinski definition) is 1. The van der Waals surface area contributed by atoms with Crippen LogP contribution in [0.1, 0.15) is 23.6 Å². The van der Waals surface area contributed by atoms with Crippen molar-refractivity contribution in [1.82, 2.24) is 0 Å². The predicted molar refractivity (Wildman–Crippen MR) is 228 cm³/mol. The van der Waals surface area contributed by atoms with Crippen molar-refractivity contribution in [2.75, 3.05) is 6.54 Å². The Morgan fingerprint density at radius 1 is 0.556 bits per heavy atom. The van der Waals surface area contributed by atoms with E-state index in [0.717, 1.165) is 49.7 Å². The molecule has 1 heterocycles. The largest absolute Gasteiger partial charge is 0.455 e. The summed E-state index contributed by atoms with van der Waals surface area (Å²) in [5.41, 5.74) is 16.8. The minimum Gasteiger partial charge on any atom is -0.455 e. The molecule has 0 aliphatic heterocycles. The van der Waals surface area contributed by atoms with E-state index in [1.807, 2.05) is 36.4 Å². The summed E-state index contributed by atoms with van der Waals surface area (Å²) in [7, 11) is 0. The van der Waals surface area contributed by atoms with Gasteiger partial charge in [-0.15, -0.1) is 0 Å². The fourth-order valence-corrected chi connectivity index (χ4v) is 7.27. The lowest BCUT2D eigenvalue weighted by Crippen LogP contribution is -2.17. The molecule has 9 rings (SSSR count). The van der Waals surface area contributed by atoms with Gasteiger partial charge in [0.2, 0.25) is 0 Å². The van der Waals surface area contributed by atoms with Crippen LogP contribution < -0.4 is 5.73 Å². The third-order valence-corrected chi connectivity index (χ3v) is 10.2. The molecule has 8 aromatic carbocycles. The number of para-hydroxylation sites is 2. The van der Waals surface area contributed by atoms with Crippen LogP contribution >= 0.6 is 0 Å². The van der Waals surface area contributed by atoms with Crippen LogP contribution in [0, 0.1) is 0 Å². The Balaban J connectivity index is 1.09. The Morgan fingerprint density at radius 3 is 1.93 bits per heavy atom. The van der Waals surface area contributed by atoms with Gasteiger partial charge in [-0.05, 0) is 86.1 Å². The topological polar surface area (TPSA) is 63.9 Å². The Labute approximate surface area is 314 Å². The Morgan fingerprint density at radius 2 is 1.15 bits per heavy atom. The first-order chi connectivity index (χ1) is 26.6. The number of allylic oxidation sites excluding steroid dienone is 1. The molecule has 0 amide bonds. The fourth-order valence-electron chi connectivity index (χ4n) is 7.27. The lowest BCUT2D eigenvalue weighted by Gasteiger charge is -2.12. The molecular formula is C50H37N3O. The van der Waals surface area contributed by atoms with Crippen molar-refractivity contribution in [3.63, 3.8) is 0 Å². The summed E-state index contributed by atoms with van der Waals surface area (Å²) >= 11 is 0. The van der Waals surface area contributed by atoms with Gasteiger partial charge in [0.1, 0.15) is 17.0 Å². The average molecular weight is 696 g/mol. The molecule has 4 heteroatoms. The number of nitrogens with zero attached hydrogens (tertiary/aromatic N) is 2. The Hall–Kier alpha value is -7.04. The molecule has 0 radical (unpaired) electrons. The molecule has 0 spiro atoms. The summed E-state index contributed by atoms with van der Waals surface area (Å²) in [5, 5.41) is 6.90. The Bertz CT molecular complexity index is 2930. The molecule has 1 aromatic heterocycles. The molecule has 0 aliphatic carbocycles. The first-order valence-corrected chi connectivity index (χ1v) is 18.2. The molecule has 0 fully saturated rings. The number of fused-ring (bicyclic) bond motifs is 5. The van der Waals surface area contributed by atoms with E-state index < -0.39 is 0 Å². The van der Waals surface area contributed by atoms with Crippen LogP contribution in [0.2, 0.25) is 0 Å². The quantitative estimate of drug-likeness (QED) is 0.133. The molecule has 4 nitrogen and oxygen atoms in total. The molecule has 9 aromatic rings. The maximum atomic E-state index is 6.89. The van der Waals surface area contributed by atoms with E-state index in [-0.39, 0.29) is 0 Å². The zero-order chi connectivity index (χ0) is 36.4. The van der Waals surface area contributed by atoms with Gasteiger partial charge in [0.05, 0.1) is 12.1 Å². The van der Waals surface area contributed by atoms with Crippen LogP contribution in [0.5, 0.6) is 0 Å². The number of furan rings is 1. The van der Waals surface area contributed by atoms with Crippen LogP contribution in [0.4, 0.5) is 0 Å². The maximum absolute atomic E-state index is 6.89. The number of aliphatic imine (C=N–C) groups is 2. The molecule has 258 valence electrons. The predicted octanol–water partition coefficient (Wildman–Crippen LogP) is 12.5. The summed E-state index contributed by atoms with van der Waals surface area (Å²) in [4.78, 5) is 10.2. The monoisotopic (exact) mass is 695 g/mol. The molecule has 0 atom stereocenters. The van der Waals surface area contributed by atoms with Gasteiger partial charge in [-0.25, -0.2) is 4.99 Å². The smallest absolute Gasteiger partial charge is 0.157 e. The summed E-state index contributed by atoms with van der Waals surface area (Å²) in [6.45, 7) is 2.55. The van der Waals surface area contributed by atoms with Crippen LogP contribution in [0.15, 0.2) is 196 Å². The van der Waals surface area contributed by atoms with E-state index in [0.29, 0.717) is 23.8 Å². The molecule has 0 saturated carbocycles. The highest BCUT2D eigenvalue weighted by Gasteiger charge is 2.16. The first-order valence-electron chi connectivity index (χ1n) is 18.2. The van der Waals surface area contributed by atoms with Crippen molar-refractivity contribution in [2.24, 2.45) is 15.7 Å². The number of amidine groups is 2. The van der Waals surface area contributed by atoms with Crippen molar-refractivity contribution in [3.05, 3.63) is 199 Å². The second kappa shape index (κ2) is 14.2. The zero-order valence-electron chi connectivity index (χ0n) is 29.9. The van der Waals surface area contributed by atoms with Crippen molar-refractivity contribution in [2.45, 2.75) is 6.92 Å². The number of rotatable bonds is 7. The highest BCUT2D eigenvalue weighted by molar-refractivity contribution is 6.19. The van der Waals surface area contributed by atoms with Gasteiger partial charge in [0.15, 0.2) is 5.84 Å². The van der Waals surface area contributed by atoms with Gasteiger partial charge in [0.25, 0.3) is 0 Å². The second-order valence-corrected chi connectivity index (χ2v) is 13.6. The van der Waals surface area contributed by atoms with Crippen molar-refractivity contribution < 1.29 is 4.42 Å². The van der Waals surface area contributed by atoms with E-state index in [1.54, 1.807) is 0 Å². The van der Waals surface area contributed by atoms with E-state index in [2.05, 4.69) is 153 Å². The van der Waals surface area contributed by atoms with E-state index in [4.69, 9.17) is 20.1 Å². The summed E-state index contributed by atoms with van der Waals surface area (Å²) in [6.07, 6.45) is 2.15. The minimum absolute atomic E-state index is 0.344. The number of hydrogen-bond acceptors (Lipinski definition) is 2. The zero-order valence-corrected chi connectivity index (χ0v) is 29.9. The van der Waals surface area contributed by atoms with Gasteiger partial charge in [-0.2, -0.15) is 0 Å². The average Bonchev–Trinajstić information content (AvgIpc) is 3.62. The van der Waals surface area contributed by atoms with Gasteiger partial charge < -0.3 is 10.2 Å². The molecule has 0 bridgehead atoms. The molecule has 0 aliphatic rings. The van der Waals surface area contributed by atoms with Gasteiger partial charge in [-0.1, -0.05) is 158 Å². The van der Waals surface area contributed by atoms with Crippen LogP contribution in [-0.2, 0) is 0 Å². The lowest BCUT2D eigenvalue weighted by atomic mass is 9.96.